The van der Waals surface area contributed by atoms with Gasteiger partial charge in [-0.3, -0.25) is 9.36 Å². The summed E-state index contributed by atoms with van der Waals surface area (Å²) in [6, 6.07) is 16.8. The normalized spacial score (nSPS) is 11.9. The second-order valence-corrected chi connectivity index (χ2v) is 7.17. The van der Waals surface area contributed by atoms with Crippen LogP contribution in [0.25, 0.3) is 5.69 Å². The molecule has 2 N–H and O–H groups in total. The highest BCUT2D eigenvalue weighted by Crippen LogP contribution is 2.27. The highest BCUT2D eigenvalue weighted by atomic mass is 35.5. The number of aromatic nitrogens is 3. The van der Waals surface area contributed by atoms with Gasteiger partial charge < -0.3 is 10.5 Å². The molecule has 3 rings (SSSR count). The van der Waals surface area contributed by atoms with Crippen LogP contribution in [0.1, 0.15) is 12.7 Å². The first-order valence-electron chi connectivity index (χ1n) is 7.89. The molecule has 0 aliphatic heterocycles. The number of hydrogen-bond donors (Lipinski definition) is 1. The Bertz CT molecular complexity index is 901. The number of amides is 1. The van der Waals surface area contributed by atoms with Crippen LogP contribution in [-0.4, -0.2) is 25.9 Å². The topological polar surface area (TPSA) is 83.0 Å². The molecule has 0 spiro atoms. The van der Waals surface area contributed by atoms with Crippen molar-refractivity contribution in [3.63, 3.8) is 0 Å². The van der Waals surface area contributed by atoms with E-state index in [0.29, 0.717) is 21.8 Å². The van der Waals surface area contributed by atoms with Gasteiger partial charge in [-0.2, -0.15) is 0 Å². The molecule has 1 unspecified atom stereocenters. The molecule has 1 aromatic heterocycles. The Hall–Kier alpha value is -2.51. The van der Waals surface area contributed by atoms with Gasteiger partial charge >= 0.3 is 0 Å². The molecule has 3 aromatic rings. The van der Waals surface area contributed by atoms with Crippen LogP contribution in [0.2, 0.25) is 5.02 Å². The summed E-state index contributed by atoms with van der Waals surface area (Å²) in [5, 5.41) is 9.09. The van der Waals surface area contributed by atoms with E-state index in [4.69, 9.17) is 22.1 Å². The molecule has 0 saturated carbocycles. The van der Waals surface area contributed by atoms with Crippen molar-refractivity contribution in [1.82, 2.24) is 14.8 Å². The van der Waals surface area contributed by atoms with Crippen molar-refractivity contribution in [2.75, 3.05) is 0 Å². The first-order valence-corrected chi connectivity index (χ1v) is 9.15. The number of carbonyl (C=O) groups excluding carboxylic acids is 1. The van der Waals surface area contributed by atoms with E-state index in [-0.39, 0.29) is 6.61 Å². The number of para-hydroxylation sites is 2. The van der Waals surface area contributed by atoms with Gasteiger partial charge in [-0.25, -0.2) is 0 Å². The Balaban J connectivity index is 1.91. The number of hydrogen-bond acceptors (Lipinski definition) is 5. The zero-order valence-electron chi connectivity index (χ0n) is 14.0. The van der Waals surface area contributed by atoms with Crippen LogP contribution in [-0.2, 0) is 11.4 Å². The summed E-state index contributed by atoms with van der Waals surface area (Å²) < 4.78 is 7.64. The third kappa shape index (κ3) is 4.17. The van der Waals surface area contributed by atoms with Gasteiger partial charge in [0.05, 0.1) is 10.3 Å². The number of ether oxygens (including phenoxy) is 1. The van der Waals surface area contributed by atoms with Crippen LogP contribution >= 0.6 is 23.4 Å². The van der Waals surface area contributed by atoms with Gasteiger partial charge in [0.25, 0.3) is 0 Å². The molecule has 0 bridgehead atoms. The van der Waals surface area contributed by atoms with Crippen LogP contribution in [0, 0.1) is 0 Å². The summed E-state index contributed by atoms with van der Waals surface area (Å²) in [5.74, 6) is 0.748. The van der Waals surface area contributed by atoms with E-state index < -0.39 is 11.2 Å². The van der Waals surface area contributed by atoms with Gasteiger partial charge in [0.15, 0.2) is 11.0 Å². The SMILES string of the molecule is CC(Sc1nnc(COc2ccccc2Cl)n1-c1ccccc1)C(N)=O. The summed E-state index contributed by atoms with van der Waals surface area (Å²) in [7, 11) is 0. The van der Waals surface area contributed by atoms with Crippen molar-refractivity contribution in [3.8, 4) is 11.4 Å². The van der Waals surface area contributed by atoms with E-state index in [1.54, 1.807) is 19.1 Å². The average molecular weight is 389 g/mol. The fourth-order valence-corrected chi connectivity index (χ4v) is 3.25. The molecule has 0 fully saturated rings. The van der Waals surface area contributed by atoms with E-state index in [0.717, 1.165) is 5.69 Å². The highest BCUT2D eigenvalue weighted by Gasteiger charge is 2.20. The Morgan fingerprint density at radius 2 is 1.88 bits per heavy atom. The summed E-state index contributed by atoms with van der Waals surface area (Å²) in [6.07, 6.45) is 0. The van der Waals surface area contributed by atoms with Crippen LogP contribution in [0.15, 0.2) is 59.8 Å². The number of carbonyl (C=O) groups is 1. The second-order valence-electron chi connectivity index (χ2n) is 5.45. The van der Waals surface area contributed by atoms with Gasteiger partial charge in [0.1, 0.15) is 12.4 Å². The predicted molar refractivity (Wildman–Crippen MR) is 102 cm³/mol. The first kappa shape index (κ1) is 18.3. The minimum atomic E-state index is -0.431. The number of rotatable bonds is 7. The van der Waals surface area contributed by atoms with Crippen molar-refractivity contribution >= 4 is 29.3 Å². The van der Waals surface area contributed by atoms with Gasteiger partial charge in [0, 0.05) is 5.69 Å². The van der Waals surface area contributed by atoms with Crippen molar-refractivity contribution in [2.45, 2.75) is 23.9 Å². The standard InChI is InChI=1S/C18H17ClN4O2S/c1-12(17(20)24)26-18-22-21-16(23(18)13-7-3-2-4-8-13)11-25-15-10-6-5-9-14(15)19/h2-10,12H,11H2,1H3,(H2,20,24). The second kappa shape index (κ2) is 8.25. The van der Waals surface area contributed by atoms with E-state index in [9.17, 15) is 4.79 Å². The number of primary amides is 1. The molecule has 1 heterocycles. The highest BCUT2D eigenvalue weighted by molar-refractivity contribution is 8.00. The zero-order chi connectivity index (χ0) is 18.5. The molecule has 1 atom stereocenters. The molecular formula is C18H17ClN4O2S. The lowest BCUT2D eigenvalue weighted by Crippen LogP contribution is -2.23. The van der Waals surface area contributed by atoms with E-state index in [1.807, 2.05) is 47.0 Å². The lowest BCUT2D eigenvalue weighted by molar-refractivity contribution is -0.117. The smallest absolute Gasteiger partial charge is 0.230 e. The summed E-state index contributed by atoms with van der Waals surface area (Å²) in [5.41, 5.74) is 6.24. The Labute approximate surface area is 160 Å². The Morgan fingerprint density at radius 3 is 2.58 bits per heavy atom. The summed E-state index contributed by atoms with van der Waals surface area (Å²) in [6.45, 7) is 1.91. The summed E-state index contributed by atoms with van der Waals surface area (Å²) in [4.78, 5) is 11.4. The fraction of sp³-hybridized carbons (Fsp3) is 0.167. The molecule has 0 aliphatic rings. The molecule has 26 heavy (non-hydrogen) atoms. The lowest BCUT2D eigenvalue weighted by atomic mass is 10.3. The molecule has 134 valence electrons. The number of thioether (sulfide) groups is 1. The minimum absolute atomic E-state index is 0.178. The average Bonchev–Trinajstić information content (AvgIpc) is 3.04. The van der Waals surface area contributed by atoms with Crippen molar-refractivity contribution in [2.24, 2.45) is 5.73 Å². The number of halogens is 1. The molecule has 0 radical (unpaired) electrons. The maximum absolute atomic E-state index is 11.4. The van der Waals surface area contributed by atoms with Gasteiger partial charge in [-0.15, -0.1) is 10.2 Å². The third-order valence-corrected chi connectivity index (χ3v) is 4.96. The maximum atomic E-state index is 11.4. The molecule has 6 nitrogen and oxygen atoms in total. The van der Waals surface area contributed by atoms with Gasteiger partial charge in [-0.05, 0) is 31.2 Å². The van der Waals surface area contributed by atoms with Crippen molar-refractivity contribution in [1.29, 1.82) is 0 Å². The Morgan fingerprint density at radius 1 is 1.19 bits per heavy atom. The quantitative estimate of drug-likeness (QED) is 0.626. The number of nitrogens with two attached hydrogens (primary N) is 1. The lowest BCUT2D eigenvalue weighted by Gasteiger charge is -2.12. The minimum Gasteiger partial charge on any atom is -0.484 e. The molecule has 8 heteroatoms. The summed E-state index contributed by atoms with van der Waals surface area (Å²) >= 11 is 7.38. The number of nitrogens with zero attached hydrogens (tertiary/aromatic N) is 3. The van der Waals surface area contributed by atoms with Crippen LogP contribution in [0.3, 0.4) is 0 Å². The fourth-order valence-electron chi connectivity index (χ4n) is 2.23. The van der Waals surface area contributed by atoms with Gasteiger partial charge in [0.2, 0.25) is 5.91 Å². The van der Waals surface area contributed by atoms with Crippen molar-refractivity contribution in [3.05, 3.63) is 65.4 Å². The zero-order valence-corrected chi connectivity index (χ0v) is 15.6. The molecule has 0 saturated heterocycles. The largest absolute Gasteiger partial charge is 0.484 e. The van der Waals surface area contributed by atoms with E-state index in [2.05, 4.69) is 10.2 Å². The van der Waals surface area contributed by atoms with Crippen molar-refractivity contribution < 1.29 is 9.53 Å². The van der Waals surface area contributed by atoms with Crippen LogP contribution in [0.4, 0.5) is 0 Å². The number of benzene rings is 2. The first-order chi connectivity index (χ1) is 12.6. The molecule has 1 amide bonds. The molecule has 0 aliphatic carbocycles. The van der Waals surface area contributed by atoms with Crippen LogP contribution in [0.5, 0.6) is 5.75 Å². The Kier molecular flexibility index (Phi) is 5.80. The van der Waals surface area contributed by atoms with Gasteiger partial charge in [-0.1, -0.05) is 53.7 Å². The maximum Gasteiger partial charge on any atom is 0.230 e. The predicted octanol–water partition coefficient (Wildman–Crippen LogP) is 3.47. The monoisotopic (exact) mass is 388 g/mol. The molecule has 2 aromatic carbocycles. The third-order valence-electron chi connectivity index (χ3n) is 3.59. The van der Waals surface area contributed by atoms with E-state index >= 15 is 0 Å². The van der Waals surface area contributed by atoms with Crippen LogP contribution < -0.4 is 10.5 Å². The van der Waals surface area contributed by atoms with E-state index in [1.165, 1.54) is 11.8 Å². The molecular weight excluding hydrogens is 372 g/mol.